The molecule has 0 aromatic heterocycles. The predicted molar refractivity (Wildman–Crippen MR) is 50.3 cm³/mol. The average Bonchev–Trinajstić information content (AvgIpc) is 2.15. The van der Waals surface area contributed by atoms with E-state index >= 15 is 0 Å². The van der Waals surface area contributed by atoms with Crippen molar-refractivity contribution in [2.45, 2.75) is 12.8 Å². The molecule has 1 aliphatic heterocycles. The molecule has 1 heterocycles. The van der Waals surface area contributed by atoms with E-state index in [9.17, 15) is 4.79 Å². The van der Waals surface area contributed by atoms with Gasteiger partial charge < -0.3 is 15.3 Å². The van der Waals surface area contributed by atoms with Crippen LogP contribution in [0.5, 0.6) is 0 Å². The summed E-state index contributed by atoms with van der Waals surface area (Å²) in [7, 11) is 2.07. The number of nitrogens with zero attached hydrogens (tertiary/aromatic N) is 1. The van der Waals surface area contributed by atoms with Gasteiger partial charge in [-0.25, -0.2) is 0 Å². The van der Waals surface area contributed by atoms with Crippen LogP contribution >= 0.6 is 0 Å². The van der Waals surface area contributed by atoms with Crippen LogP contribution in [0.15, 0.2) is 0 Å². The van der Waals surface area contributed by atoms with E-state index < -0.39 is 0 Å². The number of amides is 1. The number of hydrogen-bond acceptors (Lipinski definition) is 3. The van der Waals surface area contributed by atoms with Crippen LogP contribution in [0.4, 0.5) is 0 Å². The molecule has 0 radical (unpaired) electrons. The summed E-state index contributed by atoms with van der Waals surface area (Å²) in [6, 6.07) is 0. The molecule has 1 amide bonds. The number of likely N-dealkylation sites (tertiary alicyclic amines) is 1. The Hall–Kier alpha value is -0.610. The van der Waals surface area contributed by atoms with Gasteiger partial charge in [-0.2, -0.15) is 0 Å². The van der Waals surface area contributed by atoms with Crippen molar-refractivity contribution in [1.82, 2.24) is 10.2 Å². The second-order valence-electron chi connectivity index (χ2n) is 3.59. The number of aliphatic hydroxyl groups excluding tert-OH is 1. The summed E-state index contributed by atoms with van der Waals surface area (Å²) in [4.78, 5) is 13.7. The lowest BCUT2D eigenvalue weighted by atomic mass is 9.96. The second-order valence-corrected chi connectivity index (χ2v) is 3.59. The van der Waals surface area contributed by atoms with Gasteiger partial charge in [-0.1, -0.05) is 0 Å². The molecule has 76 valence electrons. The van der Waals surface area contributed by atoms with E-state index in [0.717, 1.165) is 25.9 Å². The molecule has 1 rings (SSSR count). The van der Waals surface area contributed by atoms with Gasteiger partial charge in [0.2, 0.25) is 5.91 Å². The minimum absolute atomic E-state index is 0.0262. The number of rotatable bonds is 3. The van der Waals surface area contributed by atoms with E-state index in [2.05, 4.69) is 17.3 Å². The molecule has 0 aromatic rings. The van der Waals surface area contributed by atoms with Gasteiger partial charge in [-0.15, -0.1) is 0 Å². The minimum Gasteiger partial charge on any atom is -0.395 e. The van der Waals surface area contributed by atoms with Gasteiger partial charge in [-0.3, -0.25) is 4.79 Å². The smallest absolute Gasteiger partial charge is 0.223 e. The Morgan fingerprint density at radius 2 is 2.15 bits per heavy atom. The van der Waals surface area contributed by atoms with Crippen molar-refractivity contribution in [2.24, 2.45) is 5.92 Å². The minimum atomic E-state index is 0.0262. The van der Waals surface area contributed by atoms with Gasteiger partial charge in [0, 0.05) is 12.5 Å². The highest BCUT2D eigenvalue weighted by atomic mass is 16.3. The Bertz CT molecular complexity index is 165. The third-order valence-electron chi connectivity index (χ3n) is 2.50. The number of carbonyl (C=O) groups is 1. The van der Waals surface area contributed by atoms with Crippen LogP contribution in [-0.2, 0) is 4.79 Å². The van der Waals surface area contributed by atoms with Crippen molar-refractivity contribution in [3.8, 4) is 0 Å². The normalized spacial score (nSPS) is 20.2. The summed E-state index contributed by atoms with van der Waals surface area (Å²) in [6.45, 7) is 2.40. The molecule has 2 N–H and O–H groups in total. The molecule has 0 unspecified atom stereocenters. The first-order valence-electron chi connectivity index (χ1n) is 4.81. The standard InChI is InChI=1S/C9H18N2O2/c1-11-5-2-8(3-6-11)9(13)10-4-7-12/h8,12H,2-7H2,1H3,(H,10,13). The highest BCUT2D eigenvalue weighted by molar-refractivity contribution is 5.78. The van der Waals surface area contributed by atoms with Crippen molar-refractivity contribution >= 4 is 5.91 Å². The number of aliphatic hydroxyl groups is 1. The number of piperidine rings is 1. The van der Waals surface area contributed by atoms with Crippen LogP contribution in [0, 0.1) is 5.92 Å². The molecule has 0 saturated carbocycles. The molecule has 0 aromatic carbocycles. The van der Waals surface area contributed by atoms with Gasteiger partial charge in [0.25, 0.3) is 0 Å². The maximum absolute atomic E-state index is 11.4. The molecule has 4 heteroatoms. The van der Waals surface area contributed by atoms with Crippen molar-refractivity contribution in [3.63, 3.8) is 0 Å². The fraction of sp³-hybridized carbons (Fsp3) is 0.889. The first kappa shape index (κ1) is 10.5. The third-order valence-corrected chi connectivity index (χ3v) is 2.50. The summed E-state index contributed by atoms with van der Waals surface area (Å²) < 4.78 is 0. The van der Waals surface area contributed by atoms with Gasteiger partial charge in [0.15, 0.2) is 0 Å². The van der Waals surface area contributed by atoms with Crippen LogP contribution in [0.2, 0.25) is 0 Å². The Morgan fingerprint density at radius 3 is 2.69 bits per heavy atom. The molecule has 1 saturated heterocycles. The maximum Gasteiger partial charge on any atom is 0.223 e. The molecule has 4 nitrogen and oxygen atoms in total. The van der Waals surface area contributed by atoms with Crippen LogP contribution in [0.1, 0.15) is 12.8 Å². The zero-order chi connectivity index (χ0) is 9.68. The van der Waals surface area contributed by atoms with Gasteiger partial charge in [0.05, 0.1) is 6.61 Å². The molecule has 0 aliphatic carbocycles. The third kappa shape index (κ3) is 3.32. The van der Waals surface area contributed by atoms with Crippen LogP contribution in [-0.4, -0.2) is 49.2 Å². The molecule has 0 atom stereocenters. The molecule has 0 bridgehead atoms. The molecule has 1 fully saturated rings. The molecule has 1 aliphatic rings. The quantitative estimate of drug-likeness (QED) is 0.621. The van der Waals surface area contributed by atoms with Crippen LogP contribution in [0.3, 0.4) is 0 Å². The van der Waals surface area contributed by atoms with Crippen molar-refractivity contribution in [2.75, 3.05) is 33.3 Å². The Kier molecular flexibility index (Phi) is 4.18. The maximum atomic E-state index is 11.4. The highest BCUT2D eigenvalue weighted by Crippen LogP contribution is 2.15. The van der Waals surface area contributed by atoms with Gasteiger partial charge in [-0.05, 0) is 33.0 Å². The summed E-state index contributed by atoms with van der Waals surface area (Å²) in [5, 5.41) is 11.2. The number of nitrogens with one attached hydrogen (secondary N) is 1. The Balaban J connectivity index is 2.23. The summed E-state index contributed by atoms with van der Waals surface area (Å²) in [6.07, 6.45) is 1.88. The van der Waals surface area contributed by atoms with E-state index in [4.69, 9.17) is 5.11 Å². The van der Waals surface area contributed by atoms with Crippen LogP contribution < -0.4 is 5.32 Å². The SMILES string of the molecule is CN1CCC(C(=O)NCCO)CC1. The molecular formula is C9H18N2O2. The first-order valence-corrected chi connectivity index (χ1v) is 4.81. The summed E-state index contributed by atoms with van der Waals surface area (Å²) >= 11 is 0. The zero-order valence-corrected chi connectivity index (χ0v) is 8.12. The lowest BCUT2D eigenvalue weighted by Crippen LogP contribution is -2.39. The number of carbonyl (C=O) groups excluding carboxylic acids is 1. The predicted octanol–water partition coefficient (Wildman–Crippen LogP) is -0.563. The first-order chi connectivity index (χ1) is 6.24. The molecular weight excluding hydrogens is 168 g/mol. The van der Waals surface area contributed by atoms with E-state index in [-0.39, 0.29) is 18.4 Å². The number of hydrogen-bond donors (Lipinski definition) is 2. The average molecular weight is 186 g/mol. The van der Waals surface area contributed by atoms with Crippen molar-refractivity contribution in [1.29, 1.82) is 0 Å². The fourth-order valence-electron chi connectivity index (χ4n) is 1.59. The van der Waals surface area contributed by atoms with Gasteiger partial charge >= 0.3 is 0 Å². The Labute approximate surface area is 78.9 Å². The summed E-state index contributed by atoms with van der Waals surface area (Å²) in [5.41, 5.74) is 0. The molecule has 0 spiro atoms. The van der Waals surface area contributed by atoms with E-state index in [1.54, 1.807) is 0 Å². The second kappa shape index (κ2) is 5.19. The van der Waals surface area contributed by atoms with Crippen LogP contribution in [0.25, 0.3) is 0 Å². The van der Waals surface area contributed by atoms with E-state index in [0.29, 0.717) is 6.54 Å². The lowest BCUT2D eigenvalue weighted by molar-refractivity contribution is -0.126. The zero-order valence-electron chi connectivity index (χ0n) is 8.12. The monoisotopic (exact) mass is 186 g/mol. The van der Waals surface area contributed by atoms with E-state index in [1.807, 2.05) is 0 Å². The fourth-order valence-corrected chi connectivity index (χ4v) is 1.59. The highest BCUT2D eigenvalue weighted by Gasteiger charge is 2.22. The van der Waals surface area contributed by atoms with E-state index in [1.165, 1.54) is 0 Å². The lowest BCUT2D eigenvalue weighted by Gasteiger charge is -2.27. The topological polar surface area (TPSA) is 52.6 Å². The van der Waals surface area contributed by atoms with Gasteiger partial charge in [0.1, 0.15) is 0 Å². The van der Waals surface area contributed by atoms with Crippen molar-refractivity contribution in [3.05, 3.63) is 0 Å². The van der Waals surface area contributed by atoms with Crippen molar-refractivity contribution < 1.29 is 9.90 Å². The Morgan fingerprint density at radius 1 is 1.54 bits per heavy atom. The summed E-state index contributed by atoms with van der Waals surface area (Å²) in [5.74, 6) is 0.255. The molecule has 13 heavy (non-hydrogen) atoms. The largest absolute Gasteiger partial charge is 0.395 e.